The number of aliphatic carboxylic acids is 1. The van der Waals surface area contributed by atoms with Gasteiger partial charge in [-0.25, -0.2) is 0 Å². The van der Waals surface area contributed by atoms with E-state index in [4.69, 9.17) is 9.90 Å². The molecule has 0 amide bonds. The minimum atomic E-state index is -0.833. The maximum atomic E-state index is 9.00. The summed E-state index contributed by atoms with van der Waals surface area (Å²) in [4.78, 5) is 9.00. The third kappa shape index (κ3) is 71.9. The lowest BCUT2D eigenvalue weighted by atomic mass is 10.3. The average Bonchev–Trinajstić information content (AvgIpc) is 1.65. The minimum Gasteiger partial charge on any atom is -0.481 e. The highest BCUT2D eigenvalue weighted by atomic mass is 27.0. The van der Waals surface area contributed by atoms with Gasteiger partial charge < -0.3 is 5.11 Å². The second kappa shape index (κ2) is 8.00. The summed E-state index contributed by atoms with van der Waals surface area (Å²) in [6.07, 6.45) is 0. The van der Waals surface area contributed by atoms with Crippen LogP contribution in [0.4, 0.5) is 0 Å². The van der Waals surface area contributed by atoms with Crippen LogP contribution in [0.25, 0.3) is 0 Å². The van der Waals surface area contributed by atoms with Crippen molar-refractivity contribution in [2.24, 2.45) is 5.92 Å². The number of hydrogen-bond donors (Lipinski definition) is 1. The first kappa shape index (κ1) is 11.8. The van der Waals surface area contributed by atoms with Crippen LogP contribution in [-0.4, -0.2) is 27.4 Å². The zero-order valence-corrected chi connectivity index (χ0v) is 8.64. The molecule has 0 saturated heterocycles. The molecule has 0 fully saturated rings. The first-order chi connectivity index (χ1) is 4.00. The van der Waals surface area contributed by atoms with Gasteiger partial charge in [-0.1, -0.05) is 25.0 Å². The monoisotopic (exact) mass is 146 g/mol. The predicted octanol–water partition coefficient (Wildman–Crippen LogP) is 0.785. The molecule has 0 aliphatic heterocycles. The van der Waals surface area contributed by atoms with Gasteiger partial charge in [0, 0.05) is 6.92 Å². The molecule has 0 aromatic carbocycles. The quantitative estimate of drug-likeness (QED) is 0.555. The fraction of sp³-hybridized carbons (Fsp3) is 0.833. The average molecular weight is 146 g/mol. The fourth-order valence-corrected chi connectivity index (χ4v) is 0. The molecular weight excluding hydrogens is 131 g/mol. The molecule has 0 aromatic heterocycles. The Morgan fingerprint density at radius 2 is 1.78 bits per heavy atom. The molecule has 0 atom stereocenters. The van der Waals surface area contributed by atoms with Gasteiger partial charge >= 0.3 is 0 Å². The van der Waals surface area contributed by atoms with Gasteiger partial charge in [-0.3, -0.25) is 4.79 Å². The van der Waals surface area contributed by atoms with E-state index in [1.54, 1.807) is 0 Å². The van der Waals surface area contributed by atoms with Crippen molar-refractivity contribution in [1.29, 1.82) is 0 Å². The molecule has 0 unspecified atom stereocenters. The molecule has 0 radical (unpaired) electrons. The normalized spacial score (nSPS) is 8.00. The first-order valence-corrected chi connectivity index (χ1v) is 4.61. The summed E-state index contributed by atoms with van der Waals surface area (Å²) in [6, 6.07) is 0. The van der Waals surface area contributed by atoms with Crippen LogP contribution < -0.4 is 0 Å². The molecular formula is C6H15AlO2. The number of rotatable bonds is 1. The summed E-state index contributed by atoms with van der Waals surface area (Å²) in [5.41, 5.74) is 0. The Labute approximate surface area is 64.7 Å². The number of carboxylic acids is 1. The molecule has 3 heteroatoms. The van der Waals surface area contributed by atoms with Gasteiger partial charge in [0.1, 0.15) is 0 Å². The lowest BCUT2D eigenvalue weighted by Crippen LogP contribution is -1.80. The Kier molecular flexibility index (Phi) is 10.5. The van der Waals surface area contributed by atoms with Crippen LogP contribution in [0.15, 0.2) is 0 Å². The SMILES string of the molecule is CC(=O)O.CC(C)[CH2][AlH2]. The van der Waals surface area contributed by atoms with E-state index in [1.807, 2.05) is 0 Å². The third-order valence-electron chi connectivity index (χ3n) is 0.816. The van der Waals surface area contributed by atoms with Crippen molar-refractivity contribution in [3.05, 3.63) is 0 Å². The van der Waals surface area contributed by atoms with Crippen molar-refractivity contribution in [1.82, 2.24) is 0 Å². The maximum absolute atomic E-state index is 9.00. The van der Waals surface area contributed by atoms with Crippen molar-refractivity contribution in [2.75, 3.05) is 0 Å². The second-order valence-electron chi connectivity index (χ2n) is 2.32. The van der Waals surface area contributed by atoms with E-state index in [9.17, 15) is 0 Å². The van der Waals surface area contributed by atoms with Crippen molar-refractivity contribution in [2.45, 2.75) is 26.1 Å². The van der Waals surface area contributed by atoms with Crippen LogP contribution in [0.3, 0.4) is 0 Å². The zero-order chi connectivity index (χ0) is 7.86. The Morgan fingerprint density at radius 1 is 1.67 bits per heavy atom. The third-order valence-corrected chi connectivity index (χ3v) is 2.45. The predicted molar refractivity (Wildman–Crippen MR) is 41.5 cm³/mol. The molecule has 2 nitrogen and oxygen atoms in total. The highest BCUT2D eigenvalue weighted by molar-refractivity contribution is 6.08. The van der Waals surface area contributed by atoms with Crippen LogP contribution in [0.2, 0.25) is 5.28 Å². The maximum Gasteiger partial charge on any atom is 0.300 e. The summed E-state index contributed by atoms with van der Waals surface area (Å²) < 4.78 is 0. The van der Waals surface area contributed by atoms with Crippen LogP contribution in [-0.2, 0) is 4.79 Å². The topological polar surface area (TPSA) is 37.3 Å². The van der Waals surface area contributed by atoms with Crippen LogP contribution >= 0.6 is 0 Å². The minimum absolute atomic E-state index is 0.833. The van der Waals surface area contributed by atoms with Gasteiger partial charge in [-0.2, -0.15) is 0 Å². The van der Waals surface area contributed by atoms with Crippen LogP contribution in [0.5, 0.6) is 0 Å². The fourth-order valence-electron chi connectivity index (χ4n) is 0. The Balaban J connectivity index is 0. The molecule has 0 bridgehead atoms. The Hall–Kier alpha value is 0.00247. The molecule has 54 valence electrons. The first-order valence-electron chi connectivity index (χ1n) is 3.20. The van der Waals surface area contributed by atoms with E-state index >= 15 is 0 Å². The molecule has 0 heterocycles. The smallest absolute Gasteiger partial charge is 0.300 e. The van der Waals surface area contributed by atoms with Gasteiger partial charge in [0.25, 0.3) is 5.97 Å². The van der Waals surface area contributed by atoms with Crippen molar-refractivity contribution in [3.8, 4) is 0 Å². The Bertz CT molecular complexity index is 67.5. The Morgan fingerprint density at radius 3 is 1.78 bits per heavy atom. The largest absolute Gasteiger partial charge is 0.481 e. The number of hydrogen-bond acceptors (Lipinski definition) is 1. The summed E-state index contributed by atoms with van der Waals surface area (Å²) in [5.74, 6) is 0.113. The summed E-state index contributed by atoms with van der Waals surface area (Å²) in [5, 5.41) is 8.86. The summed E-state index contributed by atoms with van der Waals surface area (Å²) in [6.45, 7) is 5.60. The van der Waals surface area contributed by atoms with Gasteiger partial charge in [0.15, 0.2) is 0 Å². The molecule has 0 rings (SSSR count). The van der Waals surface area contributed by atoms with E-state index in [0.29, 0.717) is 0 Å². The second-order valence-corrected chi connectivity index (χ2v) is 3.14. The highest BCUT2D eigenvalue weighted by Gasteiger charge is 1.80. The van der Waals surface area contributed by atoms with E-state index < -0.39 is 5.97 Å². The highest BCUT2D eigenvalue weighted by Crippen LogP contribution is 1.92. The summed E-state index contributed by atoms with van der Waals surface area (Å²) >= 11 is 1.37. The number of carboxylic acid groups (broad SMARTS) is 1. The number of carbonyl (C=O) groups is 1. The van der Waals surface area contributed by atoms with Crippen molar-refractivity contribution < 1.29 is 9.90 Å². The van der Waals surface area contributed by atoms with Gasteiger partial charge in [-0.15, -0.1) is 0 Å². The van der Waals surface area contributed by atoms with Gasteiger partial charge in [-0.05, 0) is 0 Å². The lowest BCUT2D eigenvalue weighted by Gasteiger charge is -1.90. The molecule has 9 heavy (non-hydrogen) atoms. The standard InChI is InChI=1S/C4H9.C2H4O2.Al.2H/c1-4(2)3;1-2(3)4;;;/h4H,1H2,2-3H3;1H3,(H,3,4);;;. The summed E-state index contributed by atoms with van der Waals surface area (Å²) in [7, 11) is 0. The molecule has 1 N–H and O–H groups in total. The van der Waals surface area contributed by atoms with E-state index in [-0.39, 0.29) is 0 Å². The van der Waals surface area contributed by atoms with Crippen LogP contribution in [0.1, 0.15) is 20.8 Å². The van der Waals surface area contributed by atoms with Gasteiger partial charge in [0.05, 0.1) is 0 Å². The zero-order valence-electron chi connectivity index (χ0n) is 6.64. The molecule has 0 saturated carbocycles. The van der Waals surface area contributed by atoms with E-state index in [2.05, 4.69) is 13.8 Å². The molecule has 0 aromatic rings. The molecule has 0 spiro atoms. The van der Waals surface area contributed by atoms with E-state index in [1.165, 1.54) is 21.6 Å². The van der Waals surface area contributed by atoms with Gasteiger partial charge in [0.2, 0.25) is 16.3 Å². The molecule has 0 aliphatic carbocycles. The van der Waals surface area contributed by atoms with Crippen molar-refractivity contribution >= 4 is 22.3 Å². The lowest BCUT2D eigenvalue weighted by molar-refractivity contribution is -0.134. The molecule has 0 aliphatic rings. The van der Waals surface area contributed by atoms with Crippen molar-refractivity contribution in [3.63, 3.8) is 0 Å². The van der Waals surface area contributed by atoms with Crippen LogP contribution in [0, 0.1) is 5.92 Å². The van der Waals surface area contributed by atoms with E-state index in [0.717, 1.165) is 12.8 Å².